The third kappa shape index (κ3) is 4.70. The molecule has 0 spiro atoms. The van der Waals surface area contributed by atoms with Crippen LogP contribution in [0.2, 0.25) is 0 Å². The van der Waals surface area contributed by atoms with Gasteiger partial charge >= 0.3 is 0 Å². The van der Waals surface area contributed by atoms with Crippen LogP contribution in [0, 0.1) is 24.3 Å². The van der Waals surface area contributed by atoms with Gasteiger partial charge in [0.2, 0.25) is 0 Å². The van der Waals surface area contributed by atoms with Gasteiger partial charge < -0.3 is 4.57 Å². The molecular formula is C44H35N5. The minimum atomic E-state index is 0.328. The Bertz CT molecular complexity index is 2380. The molecule has 5 nitrogen and oxygen atoms in total. The second kappa shape index (κ2) is 11.0. The van der Waals surface area contributed by atoms with Crippen molar-refractivity contribution in [3.63, 3.8) is 0 Å². The maximum Gasteiger partial charge on any atom is 0.187 e. The van der Waals surface area contributed by atoms with E-state index in [1.807, 2.05) is 54.6 Å². The number of aromatic nitrogens is 4. The largest absolute Gasteiger partial charge is 0.309 e. The number of hydrogen-bond donors (Lipinski definition) is 0. The molecule has 0 radical (unpaired) electrons. The van der Waals surface area contributed by atoms with Crippen molar-refractivity contribution >= 4 is 27.5 Å². The van der Waals surface area contributed by atoms with E-state index in [0.717, 1.165) is 45.6 Å². The van der Waals surface area contributed by atoms with Crippen LogP contribution in [-0.4, -0.2) is 19.5 Å². The molecule has 236 valence electrons. The summed E-state index contributed by atoms with van der Waals surface area (Å²) in [7, 11) is 0. The van der Waals surface area contributed by atoms with Crippen molar-refractivity contribution in [1.29, 1.82) is 0 Å². The molecule has 4 aliphatic rings. The fraction of sp³-hybridized carbons (Fsp3) is 0.227. The average Bonchev–Trinajstić information content (AvgIpc) is 3.48. The molecule has 4 saturated carbocycles. The molecule has 4 bridgehead atoms. The normalized spacial score (nSPS) is 22.5. The van der Waals surface area contributed by atoms with E-state index < -0.39 is 0 Å². The summed E-state index contributed by atoms with van der Waals surface area (Å²) in [5.74, 6) is 4.55. The van der Waals surface area contributed by atoms with Crippen LogP contribution in [-0.2, 0) is 5.41 Å². The summed E-state index contributed by atoms with van der Waals surface area (Å²) in [5.41, 5.74) is 8.75. The summed E-state index contributed by atoms with van der Waals surface area (Å²) in [5, 5.41) is 2.51. The van der Waals surface area contributed by atoms with Crippen LogP contribution in [0.4, 0.5) is 5.69 Å². The molecule has 5 heteroatoms. The van der Waals surface area contributed by atoms with Crippen LogP contribution in [0.3, 0.4) is 0 Å². The van der Waals surface area contributed by atoms with E-state index in [4.69, 9.17) is 21.5 Å². The van der Waals surface area contributed by atoms with Gasteiger partial charge in [-0.3, -0.25) is 0 Å². The van der Waals surface area contributed by atoms with E-state index in [1.165, 1.54) is 60.4 Å². The molecule has 0 atom stereocenters. The van der Waals surface area contributed by atoms with Gasteiger partial charge in [0.1, 0.15) is 0 Å². The molecule has 5 aromatic carbocycles. The number of nitrogens with zero attached hydrogens (tertiary/aromatic N) is 5. The monoisotopic (exact) mass is 633 g/mol. The van der Waals surface area contributed by atoms with Crippen molar-refractivity contribution in [1.82, 2.24) is 19.5 Å². The molecule has 7 aromatic rings. The van der Waals surface area contributed by atoms with Crippen molar-refractivity contribution in [2.24, 2.45) is 17.8 Å². The number of benzene rings is 5. The first-order valence-corrected chi connectivity index (χ1v) is 17.6. The second-order valence-corrected chi connectivity index (χ2v) is 14.7. The van der Waals surface area contributed by atoms with Gasteiger partial charge in [0.25, 0.3) is 0 Å². The molecular weight excluding hydrogens is 599 g/mol. The van der Waals surface area contributed by atoms with Crippen LogP contribution >= 0.6 is 0 Å². The van der Waals surface area contributed by atoms with Crippen molar-refractivity contribution in [3.05, 3.63) is 138 Å². The summed E-state index contributed by atoms with van der Waals surface area (Å²) >= 11 is 0. The van der Waals surface area contributed by atoms with Gasteiger partial charge in [-0.05, 0) is 91.5 Å². The summed E-state index contributed by atoms with van der Waals surface area (Å²) in [6.45, 7) is 7.38. The lowest BCUT2D eigenvalue weighted by molar-refractivity contribution is -0.00513. The van der Waals surface area contributed by atoms with Crippen molar-refractivity contribution in [2.75, 3.05) is 0 Å². The third-order valence-electron chi connectivity index (χ3n) is 11.6. The molecule has 2 aromatic heterocycles. The van der Waals surface area contributed by atoms with Gasteiger partial charge in [0, 0.05) is 33.2 Å². The van der Waals surface area contributed by atoms with Crippen LogP contribution in [0.15, 0.2) is 121 Å². The van der Waals surface area contributed by atoms with Gasteiger partial charge in [-0.2, -0.15) is 0 Å². The quantitative estimate of drug-likeness (QED) is 0.177. The third-order valence-corrected chi connectivity index (χ3v) is 11.6. The molecule has 4 aliphatic carbocycles. The second-order valence-electron chi connectivity index (χ2n) is 14.7. The van der Waals surface area contributed by atoms with Crippen LogP contribution in [0.25, 0.3) is 66.5 Å². The highest BCUT2D eigenvalue weighted by Gasteiger charge is 2.51. The lowest BCUT2D eigenvalue weighted by atomic mass is 9.48. The Morgan fingerprint density at radius 1 is 0.551 bits per heavy atom. The topological polar surface area (TPSA) is 48.0 Å². The number of hydrogen-bond acceptors (Lipinski definition) is 3. The highest BCUT2D eigenvalue weighted by atomic mass is 15.0. The molecule has 0 aliphatic heterocycles. The first kappa shape index (κ1) is 28.4. The van der Waals surface area contributed by atoms with Gasteiger partial charge in [0.05, 0.1) is 17.6 Å². The predicted octanol–water partition coefficient (Wildman–Crippen LogP) is 11.0. The molecule has 0 N–H and O–H groups in total. The maximum absolute atomic E-state index is 7.38. The molecule has 49 heavy (non-hydrogen) atoms. The summed E-state index contributed by atoms with van der Waals surface area (Å²) in [6.07, 6.45) is 8.41. The van der Waals surface area contributed by atoms with Crippen molar-refractivity contribution in [3.8, 4) is 39.9 Å². The van der Waals surface area contributed by atoms with Gasteiger partial charge in [-0.15, -0.1) is 0 Å². The van der Waals surface area contributed by atoms with Crippen LogP contribution in [0.1, 0.15) is 44.1 Å². The fourth-order valence-corrected chi connectivity index (χ4v) is 9.84. The molecule has 0 amide bonds. The number of para-hydroxylation sites is 1. The van der Waals surface area contributed by atoms with E-state index in [1.54, 1.807) is 0 Å². The predicted molar refractivity (Wildman–Crippen MR) is 197 cm³/mol. The maximum atomic E-state index is 7.38. The summed E-state index contributed by atoms with van der Waals surface area (Å²) < 4.78 is 2.45. The minimum Gasteiger partial charge on any atom is -0.309 e. The van der Waals surface area contributed by atoms with Crippen LogP contribution < -0.4 is 0 Å². The summed E-state index contributed by atoms with van der Waals surface area (Å²) in [4.78, 5) is 18.5. The Kier molecular flexibility index (Phi) is 6.36. The van der Waals surface area contributed by atoms with Gasteiger partial charge in [-0.25, -0.2) is 19.8 Å². The smallest absolute Gasteiger partial charge is 0.187 e. The highest BCUT2D eigenvalue weighted by Crippen LogP contribution is 2.61. The Morgan fingerprint density at radius 3 is 1.67 bits per heavy atom. The van der Waals surface area contributed by atoms with E-state index in [9.17, 15) is 0 Å². The van der Waals surface area contributed by atoms with E-state index in [-0.39, 0.29) is 0 Å². The van der Waals surface area contributed by atoms with Gasteiger partial charge in [-0.1, -0.05) is 97.1 Å². The zero-order valence-corrected chi connectivity index (χ0v) is 27.3. The first-order valence-electron chi connectivity index (χ1n) is 17.6. The van der Waals surface area contributed by atoms with E-state index in [2.05, 4.69) is 76.1 Å². The Hall–Kier alpha value is -5.60. The number of fused-ring (bicyclic) bond motifs is 3. The Morgan fingerprint density at radius 2 is 1.06 bits per heavy atom. The summed E-state index contributed by atoms with van der Waals surface area (Å²) in [6, 6.07) is 42.3. The van der Waals surface area contributed by atoms with Crippen molar-refractivity contribution < 1.29 is 0 Å². The van der Waals surface area contributed by atoms with Gasteiger partial charge in [0.15, 0.2) is 23.2 Å². The molecule has 2 heterocycles. The lowest BCUT2D eigenvalue weighted by Crippen LogP contribution is -2.48. The average molecular weight is 634 g/mol. The van der Waals surface area contributed by atoms with Crippen molar-refractivity contribution in [2.45, 2.75) is 43.9 Å². The lowest BCUT2D eigenvalue weighted by Gasteiger charge is -2.57. The molecule has 4 fully saturated rings. The molecule has 11 rings (SSSR count). The Labute approximate surface area is 286 Å². The SMILES string of the molecule is [C-]#[N+]c1ccc(-c2nc(-c3ccccc3)nc(-c3ccc4c5ccc(C67CC8CC(CC(C8)C6)C7)cc5n(-c5ccccc5)c4c3)n2)cc1. The van der Waals surface area contributed by atoms with Crippen LogP contribution in [0.5, 0.6) is 0 Å². The zero-order valence-electron chi connectivity index (χ0n) is 27.3. The Balaban J connectivity index is 1.16. The highest BCUT2D eigenvalue weighted by molar-refractivity contribution is 6.10. The minimum absolute atomic E-state index is 0.328. The number of rotatable bonds is 5. The van der Waals surface area contributed by atoms with E-state index in [0.29, 0.717) is 28.6 Å². The molecule has 0 unspecified atom stereocenters. The zero-order chi connectivity index (χ0) is 32.5. The van der Waals surface area contributed by atoms with E-state index >= 15 is 0 Å². The molecule has 0 saturated heterocycles. The first-order chi connectivity index (χ1) is 24.1. The standard InChI is InChI=1S/C44H35N5/c1-45-35-16-12-32(13-17-35)42-46-41(31-8-4-2-5-9-31)47-43(48-42)33-14-18-37-38-19-15-34(44-25-28-20-29(26-44)22-30(21-28)27-44)24-40(38)49(39(37)23-33)36-10-6-3-7-11-36/h2-19,23-24,28-30H,20-22,25-27H2. The fourth-order valence-electron chi connectivity index (χ4n) is 9.84.